The number of nitrogens with zero attached hydrogens (tertiary/aromatic N) is 1. The van der Waals surface area contributed by atoms with Gasteiger partial charge in [-0.3, -0.25) is 4.79 Å². The van der Waals surface area contributed by atoms with Gasteiger partial charge in [0.15, 0.2) is 0 Å². The molecule has 0 saturated carbocycles. The van der Waals surface area contributed by atoms with E-state index in [0.29, 0.717) is 25.4 Å². The highest BCUT2D eigenvalue weighted by Gasteiger charge is 2.28. The van der Waals surface area contributed by atoms with E-state index in [1.807, 2.05) is 6.92 Å². The highest BCUT2D eigenvalue weighted by molar-refractivity contribution is 7.89. The minimum Gasteiger partial charge on any atom is -0.497 e. The second-order valence-corrected chi connectivity index (χ2v) is 7.20. The van der Waals surface area contributed by atoms with Gasteiger partial charge in [-0.05, 0) is 38.1 Å². The third kappa shape index (κ3) is 4.43. The van der Waals surface area contributed by atoms with Crippen molar-refractivity contribution in [2.75, 3.05) is 26.8 Å². The Bertz CT molecular complexity index is 644. The highest BCUT2D eigenvalue weighted by atomic mass is 32.2. The molecule has 0 aliphatic carbocycles. The molecular weight excluding hydrogens is 320 g/mol. The summed E-state index contributed by atoms with van der Waals surface area (Å²) in [5.74, 6) is 0.313. The summed E-state index contributed by atoms with van der Waals surface area (Å²) in [6, 6.07) is 5.16. The van der Waals surface area contributed by atoms with E-state index in [1.165, 1.54) is 19.2 Å². The summed E-state index contributed by atoms with van der Waals surface area (Å²) in [7, 11) is -2.26. The lowest BCUT2D eigenvalue weighted by Gasteiger charge is -2.33. The number of morpholine rings is 1. The minimum absolute atomic E-state index is 0.0434. The molecular formula is C15H22N2O5S. The second-order valence-electron chi connectivity index (χ2n) is 5.48. The number of methoxy groups -OCH3 is 1. The Morgan fingerprint density at radius 2 is 2.04 bits per heavy atom. The normalized spacial score (nSPS) is 20.1. The lowest BCUT2D eigenvalue weighted by Crippen LogP contribution is -2.52. The van der Waals surface area contributed by atoms with E-state index in [0.717, 1.165) is 0 Å². The van der Waals surface area contributed by atoms with Crippen LogP contribution in [0.3, 0.4) is 0 Å². The molecule has 128 valence electrons. The van der Waals surface area contributed by atoms with Gasteiger partial charge in [-0.2, -0.15) is 4.72 Å². The third-order valence-electron chi connectivity index (χ3n) is 3.62. The maximum Gasteiger partial charge on any atom is 0.241 e. The number of amides is 1. The summed E-state index contributed by atoms with van der Waals surface area (Å²) in [6.07, 6.45) is -0.0434. The molecule has 1 aliphatic rings. The molecule has 1 heterocycles. The fraction of sp³-hybridized carbons (Fsp3) is 0.533. The molecule has 8 heteroatoms. The number of rotatable bonds is 5. The zero-order valence-corrected chi connectivity index (χ0v) is 14.3. The van der Waals surface area contributed by atoms with E-state index in [4.69, 9.17) is 9.47 Å². The summed E-state index contributed by atoms with van der Waals surface area (Å²) >= 11 is 0. The molecule has 1 aromatic carbocycles. The first-order chi connectivity index (χ1) is 10.8. The van der Waals surface area contributed by atoms with Crippen molar-refractivity contribution in [2.45, 2.75) is 30.9 Å². The van der Waals surface area contributed by atoms with Gasteiger partial charge >= 0.3 is 0 Å². The number of hydrogen-bond donors (Lipinski definition) is 1. The largest absolute Gasteiger partial charge is 0.497 e. The number of sulfonamides is 1. The number of carbonyl (C=O) groups is 1. The zero-order valence-electron chi connectivity index (χ0n) is 13.5. The predicted molar refractivity (Wildman–Crippen MR) is 84.8 cm³/mol. The Morgan fingerprint density at radius 3 is 2.61 bits per heavy atom. The number of hydrogen-bond acceptors (Lipinski definition) is 5. The van der Waals surface area contributed by atoms with Gasteiger partial charge in [-0.1, -0.05) is 0 Å². The first kappa shape index (κ1) is 17.7. The molecule has 1 aromatic rings. The molecule has 0 unspecified atom stereocenters. The number of benzene rings is 1. The van der Waals surface area contributed by atoms with E-state index in [9.17, 15) is 13.2 Å². The van der Waals surface area contributed by atoms with Crippen LogP contribution in [-0.2, 0) is 19.6 Å². The van der Waals surface area contributed by atoms with E-state index in [1.54, 1.807) is 24.0 Å². The lowest BCUT2D eigenvalue weighted by molar-refractivity contribution is -0.139. The molecule has 0 bridgehead atoms. The quantitative estimate of drug-likeness (QED) is 0.847. The fourth-order valence-electron chi connectivity index (χ4n) is 2.40. The summed E-state index contributed by atoms with van der Waals surface area (Å²) < 4.78 is 37.5. The van der Waals surface area contributed by atoms with Crippen molar-refractivity contribution in [3.05, 3.63) is 24.3 Å². The average molecular weight is 342 g/mol. The van der Waals surface area contributed by atoms with Crippen LogP contribution in [0.1, 0.15) is 13.8 Å². The molecule has 0 spiro atoms. The smallest absolute Gasteiger partial charge is 0.241 e. The van der Waals surface area contributed by atoms with Crippen molar-refractivity contribution < 1.29 is 22.7 Å². The van der Waals surface area contributed by atoms with Crippen LogP contribution < -0.4 is 9.46 Å². The lowest BCUT2D eigenvalue weighted by atomic mass is 10.2. The molecule has 1 saturated heterocycles. The van der Waals surface area contributed by atoms with Gasteiger partial charge in [0.2, 0.25) is 15.9 Å². The molecule has 1 amide bonds. The van der Waals surface area contributed by atoms with E-state index in [-0.39, 0.29) is 16.9 Å². The van der Waals surface area contributed by atoms with Crippen molar-refractivity contribution in [3.8, 4) is 5.75 Å². The maximum atomic E-state index is 12.4. The Balaban J connectivity index is 2.04. The first-order valence-electron chi connectivity index (χ1n) is 7.40. The topological polar surface area (TPSA) is 84.9 Å². The Labute approximate surface area is 136 Å². The minimum atomic E-state index is -3.77. The van der Waals surface area contributed by atoms with E-state index < -0.39 is 16.1 Å². The van der Waals surface area contributed by atoms with Crippen LogP contribution in [0.25, 0.3) is 0 Å². The predicted octanol–water partition coefficient (Wildman–Crippen LogP) is 0.609. The van der Waals surface area contributed by atoms with Crippen LogP contribution in [0.5, 0.6) is 5.75 Å². The monoisotopic (exact) mass is 342 g/mol. The molecule has 2 atom stereocenters. The van der Waals surface area contributed by atoms with Gasteiger partial charge in [0, 0.05) is 13.1 Å². The molecule has 7 nitrogen and oxygen atoms in total. The van der Waals surface area contributed by atoms with Gasteiger partial charge in [-0.15, -0.1) is 0 Å². The maximum absolute atomic E-state index is 12.4. The molecule has 1 fully saturated rings. The van der Waals surface area contributed by atoms with Crippen LogP contribution in [0.4, 0.5) is 0 Å². The van der Waals surface area contributed by atoms with Gasteiger partial charge in [-0.25, -0.2) is 8.42 Å². The molecule has 23 heavy (non-hydrogen) atoms. The Hall–Kier alpha value is -1.64. The Kier molecular flexibility index (Phi) is 5.61. The standard InChI is InChI=1S/C15H22N2O5S/c1-11-10-17(8-9-22-11)15(18)12(2)16-23(19,20)14-6-4-13(21-3)5-7-14/h4-7,11-12,16H,8-10H2,1-3H3/t11-,12-/m0/s1. The van der Waals surface area contributed by atoms with Gasteiger partial charge in [0.25, 0.3) is 0 Å². The van der Waals surface area contributed by atoms with E-state index >= 15 is 0 Å². The van der Waals surface area contributed by atoms with Crippen LogP contribution in [-0.4, -0.2) is 58.2 Å². The fourth-order valence-corrected chi connectivity index (χ4v) is 3.60. The SMILES string of the molecule is COc1ccc(S(=O)(=O)N[C@@H](C)C(=O)N2CCO[C@@H](C)C2)cc1. The number of ether oxygens (including phenoxy) is 2. The van der Waals surface area contributed by atoms with Crippen LogP contribution in [0.15, 0.2) is 29.2 Å². The van der Waals surface area contributed by atoms with Crippen molar-refractivity contribution in [2.24, 2.45) is 0 Å². The molecule has 0 radical (unpaired) electrons. The summed E-state index contributed by atoms with van der Waals surface area (Å²) in [4.78, 5) is 14.1. The number of carbonyl (C=O) groups excluding carboxylic acids is 1. The van der Waals surface area contributed by atoms with Crippen LogP contribution in [0, 0.1) is 0 Å². The van der Waals surface area contributed by atoms with Crippen molar-refractivity contribution in [1.82, 2.24) is 9.62 Å². The molecule has 0 aromatic heterocycles. The third-order valence-corrected chi connectivity index (χ3v) is 5.18. The number of nitrogens with one attached hydrogen (secondary N) is 1. The average Bonchev–Trinajstić information content (AvgIpc) is 2.53. The zero-order chi connectivity index (χ0) is 17.0. The van der Waals surface area contributed by atoms with Crippen molar-refractivity contribution >= 4 is 15.9 Å². The summed E-state index contributed by atoms with van der Waals surface area (Å²) in [6.45, 7) is 4.82. The van der Waals surface area contributed by atoms with Crippen LogP contribution in [0.2, 0.25) is 0 Å². The van der Waals surface area contributed by atoms with Crippen molar-refractivity contribution in [1.29, 1.82) is 0 Å². The molecule has 1 N–H and O–H groups in total. The van der Waals surface area contributed by atoms with Crippen molar-refractivity contribution in [3.63, 3.8) is 0 Å². The summed E-state index contributed by atoms with van der Waals surface area (Å²) in [5.41, 5.74) is 0. The van der Waals surface area contributed by atoms with Gasteiger partial charge < -0.3 is 14.4 Å². The first-order valence-corrected chi connectivity index (χ1v) is 8.88. The van der Waals surface area contributed by atoms with Crippen LogP contribution >= 0.6 is 0 Å². The Morgan fingerprint density at radius 1 is 1.39 bits per heavy atom. The second kappa shape index (κ2) is 7.29. The highest BCUT2D eigenvalue weighted by Crippen LogP contribution is 2.16. The van der Waals surface area contributed by atoms with Gasteiger partial charge in [0.05, 0.1) is 30.8 Å². The van der Waals surface area contributed by atoms with Gasteiger partial charge in [0.1, 0.15) is 5.75 Å². The molecule has 1 aliphatic heterocycles. The van der Waals surface area contributed by atoms with E-state index in [2.05, 4.69) is 4.72 Å². The summed E-state index contributed by atoms with van der Waals surface area (Å²) in [5, 5.41) is 0. The molecule has 2 rings (SSSR count).